The van der Waals surface area contributed by atoms with Gasteiger partial charge in [-0.2, -0.15) is 0 Å². The number of β-amino-alcohol motifs (C(OH)–C–C–N with tert-alkyl or cyclic N) is 1. The Bertz CT molecular complexity index is 1060. The molecule has 0 bridgehead atoms. The number of halogens is 1. The minimum absolute atomic E-state index is 0.122. The van der Waals surface area contributed by atoms with Gasteiger partial charge in [-0.3, -0.25) is 0 Å². The Morgan fingerprint density at radius 3 is 2.97 bits per heavy atom. The number of fused-ring (bicyclic) bond motifs is 2. The topological polar surface area (TPSA) is 54.8 Å². The van der Waals surface area contributed by atoms with Gasteiger partial charge in [0.15, 0.2) is 0 Å². The number of rotatable bonds is 5. The molecule has 1 aromatic heterocycles. The number of aromatic nitrogens is 1. The SMILES string of the molecule is Cc1nc2c(OC[C@@H](O)CN3CCC4(CC3)Cc3cc(Cl)ccc3O4)cccc2s1. The van der Waals surface area contributed by atoms with Crippen molar-refractivity contribution in [3.8, 4) is 11.5 Å². The van der Waals surface area contributed by atoms with Crippen LogP contribution in [0.2, 0.25) is 5.02 Å². The molecule has 3 heterocycles. The molecule has 0 aliphatic carbocycles. The van der Waals surface area contributed by atoms with Crippen molar-refractivity contribution in [3.63, 3.8) is 0 Å². The van der Waals surface area contributed by atoms with E-state index in [9.17, 15) is 5.11 Å². The summed E-state index contributed by atoms with van der Waals surface area (Å²) in [5.74, 6) is 1.71. The van der Waals surface area contributed by atoms with Gasteiger partial charge in [-0.1, -0.05) is 17.7 Å². The second-order valence-electron chi connectivity index (χ2n) is 8.32. The van der Waals surface area contributed by atoms with Crippen molar-refractivity contribution in [1.82, 2.24) is 9.88 Å². The Hall–Kier alpha value is -1.86. The number of benzene rings is 2. The maximum atomic E-state index is 10.5. The van der Waals surface area contributed by atoms with E-state index >= 15 is 0 Å². The van der Waals surface area contributed by atoms with Crippen LogP contribution in [-0.2, 0) is 6.42 Å². The molecule has 158 valence electrons. The van der Waals surface area contributed by atoms with E-state index in [1.54, 1.807) is 11.3 Å². The van der Waals surface area contributed by atoms with Gasteiger partial charge in [-0.15, -0.1) is 11.3 Å². The van der Waals surface area contributed by atoms with E-state index in [1.165, 1.54) is 5.56 Å². The Balaban J connectivity index is 1.13. The molecule has 2 aromatic carbocycles. The summed E-state index contributed by atoms with van der Waals surface area (Å²) in [6, 6.07) is 11.8. The number of hydrogen-bond acceptors (Lipinski definition) is 6. The summed E-state index contributed by atoms with van der Waals surface area (Å²) >= 11 is 7.79. The van der Waals surface area contributed by atoms with Gasteiger partial charge >= 0.3 is 0 Å². The van der Waals surface area contributed by atoms with E-state index in [0.29, 0.717) is 6.54 Å². The number of aliphatic hydroxyl groups excluding tert-OH is 1. The summed E-state index contributed by atoms with van der Waals surface area (Å²) in [7, 11) is 0. The monoisotopic (exact) mass is 444 g/mol. The molecule has 2 aliphatic heterocycles. The molecule has 5 nitrogen and oxygen atoms in total. The third-order valence-electron chi connectivity index (χ3n) is 6.02. The lowest BCUT2D eigenvalue weighted by Crippen LogP contribution is -2.49. The van der Waals surface area contributed by atoms with Gasteiger partial charge in [0, 0.05) is 43.9 Å². The molecular weight excluding hydrogens is 420 g/mol. The van der Waals surface area contributed by atoms with Gasteiger partial charge in [0.2, 0.25) is 0 Å². The van der Waals surface area contributed by atoms with Gasteiger partial charge in [0.1, 0.15) is 35.3 Å². The van der Waals surface area contributed by atoms with Crippen molar-refractivity contribution in [2.45, 2.75) is 37.9 Å². The van der Waals surface area contributed by atoms with E-state index in [1.807, 2.05) is 43.3 Å². The standard InChI is InChI=1S/C23H25ClN2O3S/c1-15-25-22-20(3-2-4-21(22)30-15)28-14-18(27)13-26-9-7-23(8-10-26)12-16-11-17(24)5-6-19(16)29-23/h2-6,11,18,27H,7-10,12-14H2,1H3/t18-/m0/s1. The molecule has 0 radical (unpaired) electrons. The zero-order valence-corrected chi connectivity index (χ0v) is 18.5. The van der Waals surface area contributed by atoms with Gasteiger partial charge < -0.3 is 19.5 Å². The lowest BCUT2D eigenvalue weighted by atomic mass is 9.87. The highest BCUT2D eigenvalue weighted by molar-refractivity contribution is 7.18. The fourth-order valence-corrected chi connectivity index (χ4v) is 5.55. The van der Waals surface area contributed by atoms with Crippen molar-refractivity contribution < 1.29 is 14.6 Å². The first-order valence-electron chi connectivity index (χ1n) is 10.4. The molecule has 2 aliphatic rings. The Kier molecular flexibility index (Phi) is 5.35. The molecular formula is C23H25ClN2O3S. The van der Waals surface area contributed by atoms with Crippen LogP contribution in [0.25, 0.3) is 10.2 Å². The predicted octanol–water partition coefficient (Wildman–Crippen LogP) is 4.47. The van der Waals surface area contributed by atoms with Gasteiger partial charge in [-0.25, -0.2) is 4.98 Å². The first-order chi connectivity index (χ1) is 14.5. The molecule has 1 fully saturated rings. The van der Waals surface area contributed by atoms with E-state index in [0.717, 1.165) is 64.1 Å². The number of thiazole rings is 1. The predicted molar refractivity (Wildman–Crippen MR) is 120 cm³/mol. The number of aliphatic hydroxyl groups is 1. The van der Waals surface area contributed by atoms with Crippen molar-refractivity contribution in [2.24, 2.45) is 0 Å². The molecule has 30 heavy (non-hydrogen) atoms. The number of nitrogens with zero attached hydrogens (tertiary/aromatic N) is 2. The number of hydrogen-bond donors (Lipinski definition) is 1. The third-order valence-corrected chi connectivity index (χ3v) is 7.19. The zero-order chi connectivity index (χ0) is 20.7. The van der Waals surface area contributed by atoms with E-state index in [4.69, 9.17) is 21.1 Å². The van der Waals surface area contributed by atoms with Crippen LogP contribution in [0, 0.1) is 6.92 Å². The average molecular weight is 445 g/mol. The molecule has 0 amide bonds. The molecule has 1 atom stereocenters. The maximum absolute atomic E-state index is 10.5. The fraction of sp³-hybridized carbons (Fsp3) is 0.435. The molecule has 5 rings (SSSR count). The molecule has 1 spiro atoms. The van der Waals surface area contributed by atoms with Crippen molar-refractivity contribution in [2.75, 3.05) is 26.2 Å². The number of para-hydroxylation sites is 1. The zero-order valence-electron chi connectivity index (χ0n) is 16.9. The second kappa shape index (κ2) is 8.00. The van der Waals surface area contributed by atoms with Crippen molar-refractivity contribution in [3.05, 3.63) is 52.0 Å². The average Bonchev–Trinajstić information content (AvgIpc) is 3.27. The van der Waals surface area contributed by atoms with Crippen LogP contribution < -0.4 is 9.47 Å². The van der Waals surface area contributed by atoms with E-state index < -0.39 is 6.10 Å². The highest BCUT2D eigenvalue weighted by Crippen LogP contribution is 2.42. The first-order valence-corrected chi connectivity index (χ1v) is 11.6. The lowest BCUT2D eigenvalue weighted by Gasteiger charge is -2.39. The number of piperidine rings is 1. The molecule has 7 heteroatoms. The highest BCUT2D eigenvalue weighted by Gasteiger charge is 2.42. The smallest absolute Gasteiger partial charge is 0.146 e. The minimum Gasteiger partial charge on any atom is -0.489 e. The molecule has 0 saturated carbocycles. The Morgan fingerprint density at radius 1 is 1.30 bits per heavy atom. The quantitative estimate of drug-likeness (QED) is 0.629. The summed E-state index contributed by atoms with van der Waals surface area (Å²) in [5.41, 5.74) is 1.96. The number of ether oxygens (including phenoxy) is 2. The summed E-state index contributed by atoms with van der Waals surface area (Å²) in [4.78, 5) is 6.85. The molecule has 1 N–H and O–H groups in total. The largest absolute Gasteiger partial charge is 0.489 e. The molecule has 1 saturated heterocycles. The van der Waals surface area contributed by atoms with Crippen LogP contribution in [0.3, 0.4) is 0 Å². The van der Waals surface area contributed by atoms with Gasteiger partial charge in [0.25, 0.3) is 0 Å². The van der Waals surface area contributed by atoms with Crippen LogP contribution in [0.5, 0.6) is 11.5 Å². The maximum Gasteiger partial charge on any atom is 0.146 e. The van der Waals surface area contributed by atoms with E-state index in [2.05, 4.69) is 9.88 Å². The molecule has 0 unspecified atom stereocenters. The summed E-state index contributed by atoms with van der Waals surface area (Å²) in [6.45, 7) is 4.66. The number of aryl methyl sites for hydroxylation is 1. The van der Waals surface area contributed by atoms with Gasteiger partial charge in [0.05, 0.1) is 9.71 Å². The van der Waals surface area contributed by atoms with Crippen LogP contribution in [0.1, 0.15) is 23.4 Å². The Morgan fingerprint density at radius 2 is 2.13 bits per heavy atom. The first kappa shape index (κ1) is 20.1. The van der Waals surface area contributed by atoms with Crippen molar-refractivity contribution in [1.29, 1.82) is 0 Å². The lowest BCUT2D eigenvalue weighted by molar-refractivity contribution is -0.00187. The normalized spacial score (nSPS) is 19.0. The van der Waals surface area contributed by atoms with Crippen LogP contribution in [0.4, 0.5) is 0 Å². The summed E-state index contributed by atoms with van der Waals surface area (Å²) < 4.78 is 13.3. The van der Waals surface area contributed by atoms with Gasteiger partial charge in [-0.05, 0) is 42.8 Å². The number of likely N-dealkylation sites (tertiary alicyclic amines) is 1. The third kappa shape index (κ3) is 4.02. The summed E-state index contributed by atoms with van der Waals surface area (Å²) in [5, 5.41) is 12.3. The minimum atomic E-state index is -0.547. The fourth-order valence-electron chi connectivity index (χ4n) is 4.51. The summed E-state index contributed by atoms with van der Waals surface area (Å²) in [6.07, 6.45) is 2.27. The van der Waals surface area contributed by atoms with Crippen LogP contribution in [-0.4, -0.2) is 52.9 Å². The van der Waals surface area contributed by atoms with Crippen LogP contribution in [0.15, 0.2) is 36.4 Å². The van der Waals surface area contributed by atoms with E-state index in [-0.39, 0.29) is 12.2 Å². The second-order valence-corrected chi connectivity index (χ2v) is 9.99. The Labute approximate surface area is 185 Å². The van der Waals surface area contributed by atoms with Crippen LogP contribution >= 0.6 is 22.9 Å². The van der Waals surface area contributed by atoms with Crippen molar-refractivity contribution >= 4 is 33.2 Å². The molecule has 3 aromatic rings. The highest BCUT2D eigenvalue weighted by atomic mass is 35.5.